The highest BCUT2D eigenvalue weighted by molar-refractivity contribution is 5.82. The van der Waals surface area contributed by atoms with Gasteiger partial charge >= 0.3 is 0 Å². The van der Waals surface area contributed by atoms with Crippen LogP contribution < -0.4 is 5.73 Å². The minimum Gasteiger partial charge on any atom is -0.344 e. The van der Waals surface area contributed by atoms with Gasteiger partial charge in [-0.3, -0.25) is 4.90 Å². The average Bonchev–Trinajstić information content (AvgIpc) is 2.66. The maximum atomic E-state index is 5.77. The van der Waals surface area contributed by atoms with Crippen LogP contribution in [0.25, 0.3) is 10.9 Å². The number of hydrogen-bond acceptors (Lipinski definition) is 2. The summed E-state index contributed by atoms with van der Waals surface area (Å²) in [6.45, 7) is 7.48. The van der Waals surface area contributed by atoms with Gasteiger partial charge in [-0.1, -0.05) is 18.9 Å². The number of aryl methyl sites for hydroxylation is 1. The summed E-state index contributed by atoms with van der Waals surface area (Å²) >= 11 is 0. The van der Waals surface area contributed by atoms with Crippen LogP contribution in [-0.2, 0) is 19.6 Å². The lowest BCUT2D eigenvalue weighted by Crippen LogP contribution is -2.25. The lowest BCUT2D eigenvalue weighted by Gasteiger charge is -2.20. The fourth-order valence-electron chi connectivity index (χ4n) is 3.53. The van der Waals surface area contributed by atoms with Crippen molar-refractivity contribution < 1.29 is 0 Å². The number of benzene rings is 1. The Hall–Kier alpha value is -1.32. The zero-order chi connectivity index (χ0) is 14.7. The second-order valence-electron chi connectivity index (χ2n) is 6.17. The van der Waals surface area contributed by atoms with Crippen LogP contribution in [0.3, 0.4) is 0 Å². The number of hydrogen-bond donors (Lipinski definition) is 1. The predicted octanol–water partition coefficient (Wildman–Crippen LogP) is 3.50. The number of rotatable bonds is 4. The van der Waals surface area contributed by atoms with Crippen LogP contribution in [0.2, 0.25) is 0 Å². The van der Waals surface area contributed by atoms with Crippen molar-refractivity contribution in [3.63, 3.8) is 0 Å². The van der Waals surface area contributed by atoms with Crippen LogP contribution in [0, 0.1) is 0 Å². The third kappa shape index (κ3) is 3.14. The molecule has 1 aliphatic rings. The zero-order valence-electron chi connectivity index (χ0n) is 13.1. The molecule has 1 aliphatic heterocycles. The number of fused-ring (bicyclic) bond motifs is 1. The monoisotopic (exact) mass is 285 g/mol. The highest BCUT2D eigenvalue weighted by atomic mass is 15.1. The average molecular weight is 285 g/mol. The summed E-state index contributed by atoms with van der Waals surface area (Å²) in [4.78, 5) is 2.62. The number of likely N-dealkylation sites (tertiary alicyclic amines) is 1. The molecule has 114 valence electrons. The van der Waals surface area contributed by atoms with E-state index in [0.29, 0.717) is 6.54 Å². The molecule has 2 heterocycles. The van der Waals surface area contributed by atoms with Crippen molar-refractivity contribution in [3.8, 4) is 0 Å². The molecule has 2 aromatic rings. The molecular weight excluding hydrogens is 258 g/mol. The van der Waals surface area contributed by atoms with Gasteiger partial charge in [0.05, 0.1) is 0 Å². The van der Waals surface area contributed by atoms with E-state index in [1.54, 1.807) is 0 Å². The molecule has 2 N–H and O–H groups in total. The first-order chi connectivity index (χ1) is 10.3. The first-order valence-electron chi connectivity index (χ1n) is 8.35. The van der Waals surface area contributed by atoms with E-state index in [-0.39, 0.29) is 0 Å². The molecule has 21 heavy (non-hydrogen) atoms. The standard InChI is InChI=1S/C18H27N3/c1-2-21-17(14-20-9-5-3-4-6-10-20)12-16-11-15(13-19)7-8-18(16)21/h7-8,11-12H,2-6,9-10,13-14,19H2,1H3. The summed E-state index contributed by atoms with van der Waals surface area (Å²) in [5.74, 6) is 0. The zero-order valence-corrected chi connectivity index (χ0v) is 13.1. The van der Waals surface area contributed by atoms with Crippen molar-refractivity contribution in [2.45, 2.75) is 52.2 Å². The minimum absolute atomic E-state index is 0.620. The maximum absolute atomic E-state index is 5.77. The van der Waals surface area contributed by atoms with Gasteiger partial charge in [0.25, 0.3) is 0 Å². The van der Waals surface area contributed by atoms with Crippen molar-refractivity contribution in [1.82, 2.24) is 9.47 Å². The fourth-order valence-corrected chi connectivity index (χ4v) is 3.53. The van der Waals surface area contributed by atoms with Crippen molar-refractivity contribution in [2.75, 3.05) is 13.1 Å². The molecule has 3 nitrogen and oxygen atoms in total. The lowest BCUT2D eigenvalue weighted by molar-refractivity contribution is 0.270. The highest BCUT2D eigenvalue weighted by Gasteiger charge is 2.14. The van der Waals surface area contributed by atoms with E-state index >= 15 is 0 Å². The third-order valence-corrected chi connectivity index (χ3v) is 4.69. The van der Waals surface area contributed by atoms with Gasteiger partial charge in [0.2, 0.25) is 0 Å². The van der Waals surface area contributed by atoms with E-state index in [2.05, 4.69) is 40.7 Å². The first kappa shape index (κ1) is 14.6. The van der Waals surface area contributed by atoms with Gasteiger partial charge in [0, 0.05) is 36.2 Å². The van der Waals surface area contributed by atoms with Gasteiger partial charge in [-0.2, -0.15) is 0 Å². The van der Waals surface area contributed by atoms with E-state index in [0.717, 1.165) is 13.1 Å². The molecule has 3 rings (SSSR count). The summed E-state index contributed by atoms with van der Waals surface area (Å²) < 4.78 is 2.46. The van der Waals surface area contributed by atoms with E-state index in [1.165, 1.54) is 60.9 Å². The maximum Gasteiger partial charge on any atom is 0.0483 e. The second kappa shape index (κ2) is 6.63. The molecule has 0 unspecified atom stereocenters. The molecule has 0 saturated carbocycles. The fraction of sp³-hybridized carbons (Fsp3) is 0.556. The Morgan fingerprint density at radius 3 is 2.48 bits per heavy atom. The Bertz CT molecular complexity index is 592. The second-order valence-corrected chi connectivity index (χ2v) is 6.17. The van der Waals surface area contributed by atoms with Crippen molar-refractivity contribution >= 4 is 10.9 Å². The quantitative estimate of drug-likeness (QED) is 0.933. The number of nitrogens with zero attached hydrogens (tertiary/aromatic N) is 2. The molecule has 0 amide bonds. The summed E-state index contributed by atoms with van der Waals surface area (Å²) in [7, 11) is 0. The van der Waals surface area contributed by atoms with E-state index < -0.39 is 0 Å². The van der Waals surface area contributed by atoms with Gasteiger partial charge in [-0.25, -0.2) is 0 Å². The van der Waals surface area contributed by atoms with E-state index in [1.807, 2.05) is 0 Å². The van der Waals surface area contributed by atoms with Crippen LogP contribution in [-0.4, -0.2) is 22.6 Å². The van der Waals surface area contributed by atoms with Crippen LogP contribution >= 0.6 is 0 Å². The normalized spacial score (nSPS) is 17.2. The summed E-state index contributed by atoms with van der Waals surface area (Å²) in [5.41, 5.74) is 9.78. The number of aromatic nitrogens is 1. The molecule has 0 aliphatic carbocycles. The van der Waals surface area contributed by atoms with Crippen molar-refractivity contribution in [1.29, 1.82) is 0 Å². The first-order valence-corrected chi connectivity index (χ1v) is 8.35. The molecular formula is C18H27N3. The smallest absolute Gasteiger partial charge is 0.0483 e. The van der Waals surface area contributed by atoms with Gasteiger partial charge in [0.1, 0.15) is 0 Å². The van der Waals surface area contributed by atoms with Gasteiger partial charge in [0.15, 0.2) is 0 Å². The van der Waals surface area contributed by atoms with Gasteiger partial charge < -0.3 is 10.3 Å². The Kier molecular flexibility index (Phi) is 4.61. The molecule has 0 bridgehead atoms. The van der Waals surface area contributed by atoms with E-state index in [9.17, 15) is 0 Å². The Morgan fingerprint density at radius 1 is 1.05 bits per heavy atom. The van der Waals surface area contributed by atoms with Crippen LogP contribution in [0.4, 0.5) is 0 Å². The Morgan fingerprint density at radius 2 is 1.81 bits per heavy atom. The lowest BCUT2D eigenvalue weighted by atomic mass is 10.1. The minimum atomic E-state index is 0.620. The Labute approximate surface area is 127 Å². The highest BCUT2D eigenvalue weighted by Crippen LogP contribution is 2.23. The van der Waals surface area contributed by atoms with Crippen LogP contribution in [0.1, 0.15) is 43.9 Å². The summed E-state index contributed by atoms with van der Waals surface area (Å²) in [6, 6.07) is 8.99. The predicted molar refractivity (Wildman–Crippen MR) is 89.2 cm³/mol. The van der Waals surface area contributed by atoms with Crippen LogP contribution in [0.5, 0.6) is 0 Å². The summed E-state index contributed by atoms with van der Waals surface area (Å²) in [5, 5.41) is 1.34. The van der Waals surface area contributed by atoms with Crippen LogP contribution in [0.15, 0.2) is 24.3 Å². The molecule has 3 heteroatoms. The molecule has 1 saturated heterocycles. The van der Waals surface area contributed by atoms with Crippen molar-refractivity contribution in [3.05, 3.63) is 35.5 Å². The topological polar surface area (TPSA) is 34.2 Å². The van der Waals surface area contributed by atoms with Gasteiger partial charge in [-0.15, -0.1) is 0 Å². The molecule has 1 fully saturated rings. The summed E-state index contributed by atoms with van der Waals surface area (Å²) in [6.07, 6.45) is 5.49. The SMILES string of the molecule is CCn1c(CN2CCCCCC2)cc2cc(CN)ccc21. The van der Waals surface area contributed by atoms with E-state index in [4.69, 9.17) is 5.73 Å². The molecule has 1 aromatic carbocycles. The molecule has 0 atom stereocenters. The largest absolute Gasteiger partial charge is 0.344 e. The molecule has 1 aromatic heterocycles. The van der Waals surface area contributed by atoms with Crippen molar-refractivity contribution in [2.24, 2.45) is 5.73 Å². The number of nitrogens with two attached hydrogens (primary N) is 1. The molecule has 0 radical (unpaired) electrons. The Balaban J connectivity index is 1.89. The molecule has 0 spiro atoms. The van der Waals surface area contributed by atoms with Gasteiger partial charge in [-0.05, 0) is 56.6 Å². The third-order valence-electron chi connectivity index (χ3n) is 4.69.